The van der Waals surface area contributed by atoms with E-state index in [4.69, 9.17) is 16.1 Å². The second kappa shape index (κ2) is 4.52. The second-order valence-corrected chi connectivity index (χ2v) is 5.22. The molecular weight excluding hydrogens is 212 g/mol. The van der Waals surface area contributed by atoms with Gasteiger partial charge < -0.3 is 4.52 Å². The third-order valence-electron chi connectivity index (χ3n) is 3.18. The predicted octanol–water partition coefficient (Wildman–Crippen LogP) is 3.66. The van der Waals surface area contributed by atoms with E-state index >= 15 is 0 Å². The fourth-order valence-electron chi connectivity index (χ4n) is 2.09. The lowest BCUT2D eigenvalue weighted by molar-refractivity contribution is 0.324. The van der Waals surface area contributed by atoms with Gasteiger partial charge in [0.05, 0.1) is 0 Å². The molecule has 0 radical (unpaired) electrons. The van der Waals surface area contributed by atoms with Crippen LogP contribution in [-0.4, -0.2) is 10.1 Å². The number of hydrogen-bond donors (Lipinski definition) is 0. The van der Waals surface area contributed by atoms with Crippen molar-refractivity contribution in [1.29, 1.82) is 0 Å². The highest BCUT2D eigenvalue weighted by molar-refractivity contribution is 6.20. The third-order valence-corrected chi connectivity index (χ3v) is 3.37. The Bertz CT molecular complexity index is 316. The average molecular weight is 229 g/mol. The van der Waals surface area contributed by atoms with Gasteiger partial charge in [0, 0.05) is 5.92 Å². The van der Waals surface area contributed by atoms with Crippen molar-refractivity contribution in [1.82, 2.24) is 10.1 Å². The summed E-state index contributed by atoms with van der Waals surface area (Å²) < 4.78 is 5.11. The Morgan fingerprint density at radius 3 is 2.53 bits per heavy atom. The Kier molecular flexibility index (Phi) is 3.29. The number of hydrogen-bond acceptors (Lipinski definition) is 3. The van der Waals surface area contributed by atoms with Crippen molar-refractivity contribution < 1.29 is 4.52 Å². The summed E-state index contributed by atoms with van der Waals surface area (Å²) in [7, 11) is 0. The van der Waals surface area contributed by atoms with Crippen molar-refractivity contribution in [2.45, 2.75) is 50.8 Å². The molecule has 1 aliphatic carbocycles. The van der Waals surface area contributed by atoms with Crippen LogP contribution in [0.25, 0.3) is 0 Å². The van der Waals surface area contributed by atoms with Crippen LogP contribution in [0.1, 0.15) is 62.5 Å². The molecule has 1 aromatic rings. The zero-order chi connectivity index (χ0) is 10.8. The van der Waals surface area contributed by atoms with Gasteiger partial charge in [-0.25, -0.2) is 0 Å². The van der Waals surface area contributed by atoms with Crippen LogP contribution in [0.3, 0.4) is 0 Å². The molecule has 84 valence electrons. The van der Waals surface area contributed by atoms with E-state index in [1.807, 2.05) is 6.92 Å². The van der Waals surface area contributed by atoms with E-state index in [2.05, 4.69) is 17.1 Å². The highest BCUT2D eigenvalue weighted by Crippen LogP contribution is 2.34. The van der Waals surface area contributed by atoms with Crippen LogP contribution < -0.4 is 0 Å². The highest BCUT2D eigenvalue weighted by Gasteiger charge is 2.24. The Morgan fingerprint density at radius 1 is 1.33 bits per heavy atom. The lowest BCUT2D eigenvalue weighted by Crippen LogP contribution is -2.12. The second-order valence-electron chi connectivity index (χ2n) is 4.56. The van der Waals surface area contributed by atoms with E-state index in [0.717, 1.165) is 11.7 Å². The molecule has 0 saturated heterocycles. The summed E-state index contributed by atoms with van der Waals surface area (Å²) >= 11 is 5.88. The number of rotatable bonds is 2. The van der Waals surface area contributed by atoms with Crippen LogP contribution in [0.4, 0.5) is 0 Å². The van der Waals surface area contributed by atoms with Gasteiger partial charge in [-0.1, -0.05) is 24.9 Å². The molecule has 0 N–H and O–H groups in total. The molecular formula is C11H17ClN2O. The molecule has 1 atom stereocenters. The lowest BCUT2D eigenvalue weighted by Gasteiger charge is -2.23. The summed E-state index contributed by atoms with van der Waals surface area (Å²) in [5.74, 6) is 2.73. The van der Waals surface area contributed by atoms with Crippen LogP contribution in [0, 0.1) is 5.92 Å². The van der Waals surface area contributed by atoms with Gasteiger partial charge in [-0.3, -0.25) is 0 Å². The van der Waals surface area contributed by atoms with Gasteiger partial charge in [-0.15, -0.1) is 11.6 Å². The Morgan fingerprint density at radius 2 is 2.00 bits per heavy atom. The van der Waals surface area contributed by atoms with E-state index in [0.29, 0.717) is 11.8 Å². The number of alkyl halides is 1. The maximum Gasteiger partial charge on any atom is 0.244 e. The number of nitrogens with zero attached hydrogens (tertiary/aromatic N) is 2. The maximum atomic E-state index is 5.88. The minimum Gasteiger partial charge on any atom is -0.338 e. The molecule has 0 spiro atoms. The van der Waals surface area contributed by atoms with Crippen molar-refractivity contribution in [3.63, 3.8) is 0 Å². The summed E-state index contributed by atoms with van der Waals surface area (Å²) in [5.41, 5.74) is 0. The van der Waals surface area contributed by atoms with Gasteiger partial charge in [-0.2, -0.15) is 4.98 Å². The van der Waals surface area contributed by atoms with Crippen LogP contribution in [0.15, 0.2) is 4.52 Å². The van der Waals surface area contributed by atoms with E-state index in [1.54, 1.807) is 0 Å². The average Bonchev–Trinajstić information content (AvgIpc) is 2.68. The minimum absolute atomic E-state index is 0.186. The topological polar surface area (TPSA) is 38.9 Å². The van der Waals surface area contributed by atoms with Crippen LogP contribution >= 0.6 is 11.6 Å². The van der Waals surface area contributed by atoms with Crippen molar-refractivity contribution in [2.24, 2.45) is 5.92 Å². The third kappa shape index (κ3) is 2.51. The summed E-state index contributed by atoms with van der Waals surface area (Å²) in [4.78, 5) is 4.35. The first kappa shape index (κ1) is 10.9. The van der Waals surface area contributed by atoms with Crippen LogP contribution in [-0.2, 0) is 0 Å². The van der Waals surface area contributed by atoms with Crippen LogP contribution in [0.5, 0.6) is 0 Å². The largest absolute Gasteiger partial charge is 0.338 e. The SMILES string of the molecule is CC1CCC(c2noc(C(C)Cl)n2)CC1. The monoisotopic (exact) mass is 228 g/mol. The highest BCUT2D eigenvalue weighted by atomic mass is 35.5. The zero-order valence-electron chi connectivity index (χ0n) is 9.24. The molecule has 2 rings (SSSR count). The van der Waals surface area contributed by atoms with Crippen molar-refractivity contribution in [3.8, 4) is 0 Å². The van der Waals surface area contributed by atoms with Crippen molar-refractivity contribution in [3.05, 3.63) is 11.7 Å². The molecule has 1 heterocycles. The molecule has 1 unspecified atom stereocenters. The normalized spacial score (nSPS) is 29.0. The molecule has 0 aromatic carbocycles. The zero-order valence-corrected chi connectivity index (χ0v) is 10.00. The molecule has 3 nitrogen and oxygen atoms in total. The summed E-state index contributed by atoms with van der Waals surface area (Å²) in [6.07, 6.45) is 4.89. The number of aromatic nitrogens is 2. The van der Waals surface area contributed by atoms with Gasteiger partial charge in [0.1, 0.15) is 5.38 Å². The van der Waals surface area contributed by atoms with E-state index < -0.39 is 0 Å². The Balaban J connectivity index is 2.03. The van der Waals surface area contributed by atoms with E-state index in [1.165, 1.54) is 25.7 Å². The molecule has 0 bridgehead atoms. The first-order valence-corrected chi connectivity index (χ1v) is 6.08. The summed E-state index contributed by atoms with van der Waals surface area (Å²) in [6.45, 7) is 4.15. The maximum absolute atomic E-state index is 5.88. The lowest BCUT2D eigenvalue weighted by atomic mass is 9.83. The van der Waals surface area contributed by atoms with Crippen molar-refractivity contribution in [2.75, 3.05) is 0 Å². The fraction of sp³-hybridized carbons (Fsp3) is 0.818. The molecule has 0 aliphatic heterocycles. The summed E-state index contributed by atoms with van der Waals surface area (Å²) in [6, 6.07) is 0. The fourth-order valence-corrected chi connectivity index (χ4v) is 2.18. The molecule has 1 saturated carbocycles. The Hall–Kier alpha value is -0.570. The molecule has 1 aromatic heterocycles. The van der Waals surface area contributed by atoms with Gasteiger partial charge >= 0.3 is 0 Å². The van der Waals surface area contributed by atoms with Gasteiger partial charge in [0.2, 0.25) is 5.89 Å². The Labute approximate surface area is 95.2 Å². The molecule has 0 amide bonds. The minimum atomic E-state index is -0.186. The first-order chi connectivity index (χ1) is 7.16. The standard InChI is InChI=1S/C11H17ClN2O/c1-7-3-5-9(6-4-7)10-13-11(8(2)12)15-14-10/h7-9H,3-6H2,1-2H3. The van der Waals surface area contributed by atoms with Gasteiger partial charge in [0.15, 0.2) is 5.82 Å². The van der Waals surface area contributed by atoms with Crippen LogP contribution in [0.2, 0.25) is 0 Å². The van der Waals surface area contributed by atoms with Gasteiger partial charge in [0.25, 0.3) is 0 Å². The van der Waals surface area contributed by atoms with Gasteiger partial charge in [-0.05, 0) is 25.7 Å². The van der Waals surface area contributed by atoms with Crippen molar-refractivity contribution >= 4 is 11.6 Å². The molecule has 1 aliphatic rings. The smallest absolute Gasteiger partial charge is 0.244 e. The molecule has 4 heteroatoms. The van der Waals surface area contributed by atoms with E-state index in [9.17, 15) is 0 Å². The van der Waals surface area contributed by atoms with E-state index in [-0.39, 0.29) is 5.38 Å². The molecule has 15 heavy (non-hydrogen) atoms. The molecule has 1 fully saturated rings. The summed E-state index contributed by atoms with van der Waals surface area (Å²) in [5, 5.41) is 3.83. The number of halogens is 1. The predicted molar refractivity (Wildman–Crippen MR) is 58.9 cm³/mol. The first-order valence-electron chi connectivity index (χ1n) is 5.64. The quantitative estimate of drug-likeness (QED) is 0.725.